The predicted octanol–water partition coefficient (Wildman–Crippen LogP) is 2.04. The van der Waals surface area contributed by atoms with Crippen molar-refractivity contribution in [1.29, 1.82) is 0 Å². The summed E-state index contributed by atoms with van der Waals surface area (Å²) in [7, 11) is 0. The predicted molar refractivity (Wildman–Crippen MR) is 85.9 cm³/mol. The van der Waals surface area contributed by atoms with Crippen LogP contribution >= 0.6 is 11.8 Å². The van der Waals surface area contributed by atoms with Crippen molar-refractivity contribution < 1.29 is 18.7 Å². The summed E-state index contributed by atoms with van der Waals surface area (Å²) in [5.74, 6) is -1.14. The van der Waals surface area contributed by atoms with Crippen LogP contribution in [0.2, 0.25) is 0 Å². The molecule has 8 heteroatoms. The summed E-state index contributed by atoms with van der Waals surface area (Å²) in [4.78, 5) is 27.0. The summed E-state index contributed by atoms with van der Waals surface area (Å²) in [6.07, 6.45) is 3.01. The van der Waals surface area contributed by atoms with Crippen LogP contribution in [-0.4, -0.2) is 28.3 Å². The zero-order chi connectivity index (χ0) is 16.4. The molecule has 3 N–H and O–H groups in total. The molecule has 1 aromatic rings. The molecule has 1 aliphatic heterocycles. The van der Waals surface area contributed by atoms with Crippen LogP contribution in [-0.2, 0) is 9.59 Å². The van der Waals surface area contributed by atoms with Crippen LogP contribution in [0.5, 0.6) is 5.75 Å². The number of thioether (sulfide) groups is 1. The fraction of sp³-hybridized carbons (Fsp3) is 0.400. The first-order chi connectivity index (χ1) is 11.0. The van der Waals surface area contributed by atoms with Gasteiger partial charge in [0.25, 0.3) is 5.91 Å². The minimum absolute atomic E-state index is 0.0599. The molecule has 0 aromatic heterocycles. The Morgan fingerprint density at radius 3 is 2.83 bits per heavy atom. The number of benzene rings is 1. The molecule has 1 fully saturated rings. The third kappa shape index (κ3) is 3.82. The van der Waals surface area contributed by atoms with Crippen molar-refractivity contribution in [3.8, 4) is 5.75 Å². The first kappa shape index (κ1) is 15.8. The highest BCUT2D eigenvalue weighted by Crippen LogP contribution is 2.29. The van der Waals surface area contributed by atoms with E-state index in [1.54, 1.807) is 6.07 Å². The van der Waals surface area contributed by atoms with Gasteiger partial charge in [-0.15, -0.1) is 0 Å². The van der Waals surface area contributed by atoms with E-state index in [0.717, 1.165) is 31.0 Å². The fourth-order valence-electron chi connectivity index (χ4n) is 2.25. The Morgan fingerprint density at radius 1 is 1.48 bits per heavy atom. The van der Waals surface area contributed by atoms with E-state index in [0.29, 0.717) is 5.69 Å². The average Bonchev–Trinajstić information content (AvgIpc) is 2.73. The lowest BCUT2D eigenvalue weighted by molar-refractivity contribution is -0.121. The van der Waals surface area contributed by atoms with Gasteiger partial charge >= 0.3 is 0 Å². The van der Waals surface area contributed by atoms with Crippen LogP contribution in [0.25, 0.3) is 0 Å². The number of hydrogen-bond acceptors (Lipinski definition) is 5. The summed E-state index contributed by atoms with van der Waals surface area (Å²) in [6, 6.07) is 4.28. The van der Waals surface area contributed by atoms with Crippen LogP contribution in [0.3, 0.4) is 0 Å². The standard InChI is InChI=1S/C15H16FN3O3S/c16-10-6-8(4-5-11(10)22-9-2-1-3-9)18-13(20)7-12-14(21)19-15(17)23-12/h4-6,9,12H,1-3,7H2,(H,18,20)(H2,17,19,21). The zero-order valence-electron chi connectivity index (χ0n) is 12.3. The van der Waals surface area contributed by atoms with Crippen molar-refractivity contribution >= 4 is 34.4 Å². The Bertz CT molecular complexity index is 676. The van der Waals surface area contributed by atoms with Crippen LogP contribution < -0.4 is 15.8 Å². The Labute approximate surface area is 136 Å². The molecule has 6 nitrogen and oxygen atoms in total. The number of amidine groups is 1. The molecule has 23 heavy (non-hydrogen) atoms. The van der Waals surface area contributed by atoms with Crippen LogP contribution in [0, 0.1) is 5.82 Å². The molecule has 122 valence electrons. The zero-order valence-corrected chi connectivity index (χ0v) is 13.1. The molecular formula is C15H16FN3O3S. The molecule has 1 unspecified atom stereocenters. The van der Waals surface area contributed by atoms with Gasteiger partial charge < -0.3 is 15.8 Å². The topological polar surface area (TPSA) is 93.8 Å². The number of carbonyl (C=O) groups is 2. The third-order valence-electron chi connectivity index (χ3n) is 3.69. The second-order valence-corrected chi connectivity index (χ2v) is 6.69. The molecule has 0 radical (unpaired) electrons. The lowest BCUT2D eigenvalue weighted by Crippen LogP contribution is -2.25. The van der Waals surface area contributed by atoms with Gasteiger partial charge in [-0.05, 0) is 31.4 Å². The van der Waals surface area contributed by atoms with Crippen LogP contribution in [0.4, 0.5) is 10.1 Å². The van der Waals surface area contributed by atoms with Crippen molar-refractivity contribution in [2.75, 3.05) is 5.32 Å². The van der Waals surface area contributed by atoms with Gasteiger partial charge in [0.1, 0.15) is 5.25 Å². The number of halogens is 1. The highest BCUT2D eigenvalue weighted by molar-refractivity contribution is 8.15. The highest BCUT2D eigenvalue weighted by atomic mass is 32.2. The SMILES string of the molecule is NC1=NC(=O)C(CC(=O)Nc2ccc(OC3CCC3)c(F)c2)S1. The maximum Gasteiger partial charge on any atom is 0.262 e. The summed E-state index contributed by atoms with van der Waals surface area (Å²) < 4.78 is 19.5. The largest absolute Gasteiger partial charge is 0.487 e. The fourth-order valence-corrected chi connectivity index (χ4v) is 3.08. The Morgan fingerprint density at radius 2 is 2.26 bits per heavy atom. The number of ether oxygens (including phenoxy) is 1. The highest BCUT2D eigenvalue weighted by Gasteiger charge is 2.29. The molecule has 1 aromatic carbocycles. The first-order valence-corrected chi connectivity index (χ1v) is 8.20. The van der Waals surface area contributed by atoms with E-state index < -0.39 is 22.9 Å². The second-order valence-electron chi connectivity index (χ2n) is 5.46. The number of aliphatic imine (C=N–C) groups is 1. The minimum Gasteiger partial charge on any atom is -0.487 e. The molecule has 2 aliphatic rings. The number of hydrogen-bond donors (Lipinski definition) is 2. The molecule has 1 heterocycles. The van der Waals surface area contributed by atoms with Crippen molar-refractivity contribution in [1.82, 2.24) is 0 Å². The number of rotatable bonds is 5. The molecule has 0 bridgehead atoms. The summed E-state index contributed by atoms with van der Waals surface area (Å²) in [6.45, 7) is 0. The van der Waals surface area contributed by atoms with Crippen LogP contribution in [0.15, 0.2) is 23.2 Å². The van der Waals surface area contributed by atoms with E-state index in [4.69, 9.17) is 10.5 Å². The van der Waals surface area contributed by atoms with E-state index in [9.17, 15) is 14.0 Å². The van der Waals surface area contributed by atoms with E-state index in [1.807, 2.05) is 0 Å². The van der Waals surface area contributed by atoms with Gasteiger partial charge in [-0.1, -0.05) is 11.8 Å². The summed E-state index contributed by atoms with van der Waals surface area (Å²) in [5.41, 5.74) is 5.75. The molecule has 3 rings (SSSR count). The number of amides is 2. The molecule has 1 saturated carbocycles. The lowest BCUT2D eigenvalue weighted by Gasteiger charge is -2.26. The van der Waals surface area contributed by atoms with Crippen molar-refractivity contribution in [2.45, 2.75) is 37.0 Å². The number of nitrogens with zero attached hydrogens (tertiary/aromatic N) is 1. The van der Waals surface area contributed by atoms with E-state index in [2.05, 4.69) is 10.3 Å². The van der Waals surface area contributed by atoms with Gasteiger partial charge in [0.15, 0.2) is 16.7 Å². The van der Waals surface area contributed by atoms with Gasteiger partial charge in [-0.2, -0.15) is 4.99 Å². The van der Waals surface area contributed by atoms with E-state index >= 15 is 0 Å². The minimum atomic E-state index is -0.610. The lowest BCUT2D eigenvalue weighted by atomic mass is 9.96. The quantitative estimate of drug-likeness (QED) is 0.857. The Kier molecular flexibility index (Phi) is 4.51. The normalized spacial score (nSPS) is 20.8. The molecule has 1 aliphatic carbocycles. The van der Waals surface area contributed by atoms with Gasteiger partial charge in [0.2, 0.25) is 5.91 Å². The Hall–Kier alpha value is -2.09. The summed E-state index contributed by atoms with van der Waals surface area (Å²) >= 11 is 1.06. The third-order valence-corrected chi connectivity index (χ3v) is 4.68. The molecule has 2 amide bonds. The average molecular weight is 337 g/mol. The van der Waals surface area contributed by atoms with Crippen LogP contribution in [0.1, 0.15) is 25.7 Å². The van der Waals surface area contributed by atoms with Gasteiger partial charge in [0.05, 0.1) is 6.10 Å². The van der Waals surface area contributed by atoms with Gasteiger partial charge in [-0.25, -0.2) is 4.39 Å². The van der Waals surface area contributed by atoms with E-state index in [1.165, 1.54) is 12.1 Å². The number of carbonyl (C=O) groups excluding carboxylic acids is 2. The van der Waals surface area contributed by atoms with Crippen molar-refractivity contribution in [3.63, 3.8) is 0 Å². The van der Waals surface area contributed by atoms with Gasteiger partial charge in [0, 0.05) is 18.2 Å². The maximum absolute atomic E-state index is 14.0. The molecule has 0 spiro atoms. The molecular weight excluding hydrogens is 321 g/mol. The molecule has 1 atom stereocenters. The van der Waals surface area contributed by atoms with Crippen molar-refractivity contribution in [2.24, 2.45) is 10.7 Å². The number of nitrogens with two attached hydrogens (primary N) is 1. The second kappa shape index (κ2) is 6.57. The molecule has 0 saturated heterocycles. The number of anilines is 1. The van der Waals surface area contributed by atoms with E-state index in [-0.39, 0.29) is 23.4 Å². The monoisotopic (exact) mass is 337 g/mol. The smallest absolute Gasteiger partial charge is 0.262 e. The summed E-state index contributed by atoms with van der Waals surface area (Å²) in [5, 5.41) is 2.11. The van der Waals surface area contributed by atoms with Gasteiger partial charge in [-0.3, -0.25) is 9.59 Å². The first-order valence-electron chi connectivity index (χ1n) is 7.32. The number of nitrogens with one attached hydrogen (secondary N) is 1. The van der Waals surface area contributed by atoms with Crippen molar-refractivity contribution in [3.05, 3.63) is 24.0 Å². The Balaban J connectivity index is 1.56. The maximum atomic E-state index is 14.0.